The summed E-state index contributed by atoms with van der Waals surface area (Å²) in [5.74, 6) is 0.151. The molecular formula is C13H22N2O3. The fraction of sp³-hybridized carbons (Fsp3) is 0.769. The molecule has 0 radical (unpaired) electrons. The monoisotopic (exact) mass is 254 g/mol. The van der Waals surface area contributed by atoms with E-state index in [0.717, 1.165) is 12.8 Å². The summed E-state index contributed by atoms with van der Waals surface area (Å²) in [6.45, 7) is 10.3. The fourth-order valence-electron chi connectivity index (χ4n) is 1.40. The summed E-state index contributed by atoms with van der Waals surface area (Å²) in [6.07, 6.45) is 1.72. The van der Waals surface area contributed by atoms with Gasteiger partial charge in [-0.25, -0.2) is 0 Å². The van der Waals surface area contributed by atoms with Crippen LogP contribution in [0.15, 0.2) is 4.52 Å². The lowest BCUT2D eigenvalue weighted by Gasteiger charge is -2.15. The average molecular weight is 254 g/mol. The van der Waals surface area contributed by atoms with Gasteiger partial charge >= 0.3 is 5.97 Å². The molecule has 0 saturated carbocycles. The summed E-state index contributed by atoms with van der Waals surface area (Å²) in [7, 11) is 0. The van der Waals surface area contributed by atoms with Gasteiger partial charge in [0.05, 0.1) is 6.61 Å². The minimum atomic E-state index is -0.499. The van der Waals surface area contributed by atoms with Crippen LogP contribution in [0.25, 0.3) is 0 Å². The number of nitrogens with zero attached hydrogens (tertiary/aromatic N) is 2. The first-order valence-electron chi connectivity index (χ1n) is 6.32. The molecule has 0 aromatic carbocycles. The summed E-state index contributed by atoms with van der Waals surface area (Å²) in [5, 5.41) is 3.89. The predicted octanol–water partition coefficient (Wildman–Crippen LogP) is 2.71. The summed E-state index contributed by atoms with van der Waals surface area (Å²) in [5.41, 5.74) is 0.230. The number of rotatable bonds is 5. The van der Waals surface area contributed by atoms with E-state index in [1.54, 1.807) is 13.8 Å². The molecule has 0 aliphatic carbocycles. The van der Waals surface area contributed by atoms with Crippen molar-refractivity contribution in [1.82, 2.24) is 10.1 Å². The third-order valence-corrected chi connectivity index (χ3v) is 2.59. The molecule has 0 saturated heterocycles. The van der Waals surface area contributed by atoms with Gasteiger partial charge in [-0.1, -0.05) is 25.9 Å². The first-order valence-corrected chi connectivity index (χ1v) is 6.32. The Hall–Kier alpha value is -1.39. The Bertz CT molecular complexity index is 393. The van der Waals surface area contributed by atoms with Crippen molar-refractivity contribution in [2.75, 3.05) is 6.61 Å². The largest absolute Gasteiger partial charge is 0.465 e. The van der Waals surface area contributed by atoms with Crippen LogP contribution in [-0.4, -0.2) is 22.7 Å². The predicted molar refractivity (Wildman–Crippen MR) is 67.1 cm³/mol. The number of esters is 1. The molecule has 18 heavy (non-hydrogen) atoms. The molecule has 1 aromatic rings. The zero-order valence-corrected chi connectivity index (χ0v) is 11.8. The van der Waals surface area contributed by atoms with Crippen molar-refractivity contribution in [2.24, 2.45) is 5.41 Å². The smallest absolute Gasteiger partial charge is 0.318 e. The maximum atomic E-state index is 11.5. The Labute approximate surface area is 108 Å². The highest BCUT2D eigenvalue weighted by atomic mass is 16.5. The Kier molecular flexibility index (Phi) is 4.87. The normalized spacial score (nSPS) is 13.4. The number of aromatic nitrogens is 2. The van der Waals surface area contributed by atoms with Crippen molar-refractivity contribution in [3.8, 4) is 0 Å². The van der Waals surface area contributed by atoms with Crippen molar-refractivity contribution in [3.05, 3.63) is 11.7 Å². The Morgan fingerprint density at radius 2 is 2.11 bits per heavy atom. The molecular weight excluding hydrogens is 232 g/mol. The second-order valence-corrected chi connectivity index (χ2v) is 5.58. The number of carbonyl (C=O) groups is 1. The molecule has 5 nitrogen and oxygen atoms in total. The minimum absolute atomic E-state index is 0.230. The van der Waals surface area contributed by atoms with Crippen LogP contribution >= 0.6 is 0 Å². The maximum Gasteiger partial charge on any atom is 0.318 e. The molecule has 1 rings (SSSR count). The third-order valence-electron chi connectivity index (χ3n) is 2.59. The molecule has 0 bridgehead atoms. The molecule has 1 aromatic heterocycles. The highest BCUT2D eigenvalue weighted by Crippen LogP contribution is 2.21. The lowest BCUT2D eigenvalue weighted by Crippen LogP contribution is -2.13. The minimum Gasteiger partial charge on any atom is -0.465 e. The van der Waals surface area contributed by atoms with Crippen LogP contribution < -0.4 is 0 Å². The Balaban J connectivity index is 2.60. The van der Waals surface area contributed by atoms with Gasteiger partial charge in [0, 0.05) is 6.42 Å². The van der Waals surface area contributed by atoms with Crippen LogP contribution in [-0.2, 0) is 16.0 Å². The van der Waals surface area contributed by atoms with Crippen LogP contribution in [0, 0.1) is 5.41 Å². The van der Waals surface area contributed by atoms with Gasteiger partial charge in [0.25, 0.3) is 0 Å². The molecule has 0 aliphatic rings. The van der Waals surface area contributed by atoms with Gasteiger partial charge in [-0.05, 0) is 25.7 Å². The zero-order chi connectivity index (χ0) is 13.8. The second kappa shape index (κ2) is 5.98. The van der Waals surface area contributed by atoms with E-state index >= 15 is 0 Å². The summed E-state index contributed by atoms with van der Waals surface area (Å²) in [4.78, 5) is 15.8. The van der Waals surface area contributed by atoms with Gasteiger partial charge in [0.1, 0.15) is 5.92 Å². The summed E-state index contributed by atoms with van der Waals surface area (Å²) >= 11 is 0. The molecule has 0 N–H and O–H groups in total. The van der Waals surface area contributed by atoms with E-state index < -0.39 is 5.92 Å². The average Bonchev–Trinajstić information content (AvgIpc) is 2.73. The van der Waals surface area contributed by atoms with Crippen molar-refractivity contribution in [1.29, 1.82) is 0 Å². The lowest BCUT2D eigenvalue weighted by molar-refractivity contribution is -0.145. The highest BCUT2D eigenvalue weighted by molar-refractivity contribution is 5.76. The Morgan fingerprint density at radius 1 is 1.44 bits per heavy atom. The van der Waals surface area contributed by atoms with Crippen LogP contribution in [0.4, 0.5) is 0 Å². The summed E-state index contributed by atoms with van der Waals surface area (Å²) < 4.78 is 10.0. The first-order chi connectivity index (χ1) is 8.33. The van der Waals surface area contributed by atoms with Crippen molar-refractivity contribution < 1.29 is 14.1 Å². The first kappa shape index (κ1) is 14.7. The van der Waals surface area contributed by atoms with Crippen LogP contribution in [0.1, 0.15) is 58.7 Å². The molecule has 1 unspecified atom stereocenters. The molecule has 1 heterocycles. The maximum absolute atomic E-state index is 11.5. The van der Waals surface area contributed by atoms with E-state index in [9.17, 15) is 4.79 Å². The molecule has 0 fully saturated rings. The van der Waals surface area contributed by atoms with E-state index in [2.05, 4.69) is 30.9 Å². The van der Waals surface area contributed by atoms with Gasteiger partial charge in [-0.3, -0.25) is 4.79 Å². The van der Waals surface area contributed by atoms with Crippen molar-refractivity contribution in [3.63, 3.8) is 0 Å². The van der Waals surface area contributed by atoms with Crippen molar-refractivity contribution in [2.45, 2.75) is 53.4 Å². The van der Waals surface area contributed by atoms with E-state index in [4.69, 9.17) is 9.26 Å². The van der Waals surface area contributed by atoms with Gasteiger partial charge < -0.3 is 9.26 Å². The fourth-order valence-corrected chi connectivity index (χ4v) is 1.40. The molecule has 1 atom stereocenters. The van der Waals surface area contributed by atoms with Gasteiger partial charge in [-0.2, -0.15) is 4.98 Å². The molecule has 102 valence electrons. The quantitative estimate of drug-likeness (QED) is 0.756. The number of carbonyl (C=O) groups excluding carboxylic acids is 1. The van der Waals surface area contributed by atoms with Crippen LogP contribution in [0.3, 0.4) is 0 Å². The second-order valence-electron chi connectivity index (χ2n) is 5.58. The van der Waals surface area contributed by atoms with Crippen LogP contribution in [0.2, 0.25) is 0 Å². The molecule has 5 heteroatoms. The Morgan fingerprint density at radius 3 is 2.67 bits per heavy atom. The molecule has 0 aliphatic heterocycles. The van der Waals surface area contributed by atoms with Gasteiger partial charge in [0.15, 0.2) is 5.82 Å². The standard InChI is InChI=1S/C13H22N2O3/c1-6-17-12(16)9(2)11-14-10(15-18-11)7-8-13(3,4)5/h9H,6-8H2,1-5H3. The summed E-state index contributed by atoms with van der Waals surface area (Å²) in [6, 6.07) is 0. The van der Waals surface area contributed by atoms with E-state index in [1.807, 2.05) is 0 Å². The number of hydrogen-bond donors (Lipinski definition) is 0. The van der Waals surface area contributed by atoms with E-state index in [0.29, 0.717) is 18.3 Å². The van der Waals surface area contributed by atoms with E-state index in [-0.39, 0.29) is 11.4 Å². The van der Waals surface area contributed by atoms with Crippen molar-refractivity contribution >= 4 is 5.97 Å². The SMILES string of the molecule is CCOC(=O)C(C)c1nc(CCC(C)(C)C)no1. The van der Waals surface area contributed by atoms with E-state index in [1.165, 1.54) is 0 Å². The zero-order valence-electron chi connectivity index (χ0n) is 11.8. The highest BCUT2D eigenvalue weighted by Gasteiger charge is 2.23. The molecule has 0 spiro atoms. The number of aryl methyl sites for hydroxylation is 1. The topological polar surface area (TPSA) is 65.2 Å². The molecule has 0 amide bonds. The van der Waals surface area contributed by atoms with Gasteiger partial charge in [0.2, 0.25) is 5.89 Å². The third kappa shape index (κ3) is 4.47. The van der Waals surface area contributed by atoms with Gasteiger partial charge in [-0.15, -0.1) is 0 Å². The lowest BCUT2D eigenvalue weighted by atomic mass is 9.90. The van der Waals surface area contributed by atoms with Crippen LogP contribution in [0.5, 0.6) is 0 Å². The number of hydrogen-bond acceptors (Lipinski definition) is 5. The number of ether oxygens (including phenoxy) is 1.